The molecule has 1 aliphatic carbocycles. The van der Waals surface area contributed by atoms with E-state index in [-0.39, 0.29) is 42.0 Å². The molecule has 2 unspecified atom stereocenters. The molecule has 0 bridgehead atoms. The van der Waals surface area contributed by atoms with Crippen LogP contribution in [0.2, 0.25) is 5.02 Å². The maximum atomic E-state index is 12.3. The lowest BCUT2D eigenvalue weighted by Crippen LogP contribution is -2.30. The van der Waals surface area contributed by atoms with Crippen LogP contribution in [0.15, 0.2) is 39.8 Å². The van der Waals surface area contributed by atoms with Crippen LogP contribution in [0.1, 0.15) is 22.9 Å². The van der Waals surface area contributed by atoms with Crippen molar-refractivity contribution >= 4 is 23.3 Å². The molecule has 1 amide bonds. The van der Waals surface area contributed by atoms with Crippen LogP contribution in [-0.4, -0.2) is 40.1 Å². The van der Waals surface area contributed by atoms with Gasteiger partial charge in [0.2, 0.25) is 0 Å². The summed E-state index contributed by atoms with van der Waals surface area (Å²) in [4.78, 5) is 32.1. The topological polar surface area (TPSA) is 137 Å². The molecule has 2 aliphatic rings. The largest absolute Gasteiger partial charge is 0.465 e. The average Bonchev–Trinajstić information content (AvgIpc) is 3.31. The number of fused-ring (bicyclic) bond motifs is 2. The minimum atomic E-state index is -0.583. The SMILES string of the molecule is NC1c2cccc(Cl)c2CC1CNCCc1cn(-c2cnc3c(n2)NC(=O)CO3)c(=O)o1. The molecule has 2 aromatic heterocycles. The van der Waals surface area contributed by atoms with Gasteiger partial charge in [-0.3, -0.25) is 4.79 Å². The molecule has 10 nitrogen and oxygen atoms in total. The minimum absolute atomic E-state index is 0.0535. The second-order valence-corrected chi connectivity index (χ2v) is 8.21. The molecule has 1 aromatic carbocycles. The van der Waals surface area contributed by atoms with Gasteiger partial charge in [0.25, 0.3) is 11.8 Å². The van der Waals surface area contributed by atoms with Crippen LogP contribution in [0.4, 0.5) is 5.82 Å². The minimum Gasteiger partial charge on any atom is -0.465 e. The number of anilines is 1. The molecule has 0 spiro atoms. The summed E-state index contributed by atoms with van der Waals surface area (Å²) < 4.78 is 11.8. The van der Waals surface area contributed by atoms with Crippen LogP contribution in [0.25, 0.3) is 5.82 Å². The molecule has 0 fully saturated rings. The highest BCUT2D eigenvalue weighted by Gasteiger charge is 2.30. The predicted molar refractivity (Wildman–Crippen MR) is 116 cm³/mol. The number of aromatic nitrogens is 3. The van der Waals surface area contributed by atoms with E-state index in [0.29, 0.717) is 18.7 Å². The van der Waals surface area contributed by atoms with E-state index in [0.717, 1.165) is 29.1 Å². The Hall–Kier alpha value is -3.21. The molecule has 11 heteroatoms. The van der Waals surface area contributed by atoms with Gasteiger partial charge < -0.3 is 25.5 Å². The van der Waals surface area contributed by atoms with Crippen LogP contribution in [-0.2, 0) is 17.6 Å². The monoisotopic (exact) mass is 456 g/mol. The van der Waals surface area contributed by atoms with Crippen molar-refractivity contribution in [3.8, 4) is 11.7 Å². The molecule has 1 aliphatic heterocycles. The van der Waals surface area contributed by atoms with Gasteiger partial charge >= 0.3 is 5.76 Å². The lowest BCUT2D eigenvalue weighted by Gasteiger charge is -2.16. The summed E-state index contributed by atoms with van der Waals surface area (Å²) in [5.74, 6) is 0.456. The number of rotatable bonds is 6. The number of nitrogens with zero attached hydrogens (tertiary/aromatic N) is 3. The Kier molecular flexibility index (Phi) is 5.41. The number of hydrogen-bond acceptors (Lipinski definition) is 8. The second-order valence-electron chi connectivity index (χ2n) is 7.80. The number of halogens is 1. The van der Waals surface area contributed by atoms with E-state index in [2.05, 4.69) is 20.6 Å². The summed E-state index contributed by atoms with van der Waals surface area (Å²) in [5, 5.41) is 6.72. The summed E-state index contributed by atoms with van der Waals surface area (Å²) in [5.41, 5.74) is 8.63. The number of oxazole rings is 1. The van der Waals surface area contributed by atoms with E-state index in [1.54, 1.807) is 6.20 Å². The molecule has 4 N–H and O–H groups in total. The molecule has 0 saturated heterocycles. The molecule has 2 atom stereocenters. The van der Waals surface area contributed by atoms with E-state index < -0.39 is 5.76 Å². The number of amides is 1. The Labute approximate surface area is 187 Å². The molecular formula is C21H21ClN6O4. The van der Waals surface area contributed by atoms with Crippen molar-refractivity contribution in [2.45, 2.75) is 18.9 Å². The van der Waals surface area contributed by atoms with Gasteiger partial charge in [0, 0.05) is 30.6 Å². The number of hydrogen-bond donors (Lipinski definition) is 3. The Morgan fingerprint density at radius 2 is 2.22 bits per heavy atom. The average molecular weight is 457 g/mol. The van der Waals surface area contributed by atoms with Gasteiger partial charge in [-0.2, -0.15) is 0 Å². The maximum Gasteiger partial charge on any atom is 0.425 e. The zero-order valence-electron chi connectivity index (χ0n) is 17.0. The van der Waals surface area contributed by atoms with Gasteiger partial charge in [0.1, 0.15) is 5.76 Å². The zero-order valence-corrected chi connectivity index (χ0v) is 17.8. The summed E-state index contributed by atoms with van der Waals surface area (Å²) in [6.45, 7) is 1.22. The first-order chi connectivity index (χ1) is 15.5. The van der Waals surface area contributed by atoms with Crippen molar-refractivity contribution < 1.29 is 13.9 Å². The van der Waals surface area contributed by atoms with Gasteiger partial charge in [-0.1, -0.05) is 23.7 Å². The highest BCUT2D eigenvalue weighted by molar-refractivity contribution is 6.31. The van der Waals surface area contributed by atoms with Crippen molar-refractivity contribution in [2.24, 2.45) is 11.7 Å². The first-order valence-electron chi connectivity index (χ1n) is 10.2. The van der Waals surface area contributed by atoms with Crippen molar-refractivity contribution in [1.29, 1.82) is 0 Å². The number of ether oxygens (including phenoxy) is 1. The molecule has 5 rings (SSSR count). The van der Waals surface area contributed by atoms with Crippen LogP contribution >= 0.6 is 11.6 Å². The van der Waals surface area contributed by atoms with Crippen molar-refractivity contribution in [3.05, 3.63) is 63.1 Å². The standard InChI is InChI=1S/C21H21ClN6O4/c22-15-3-1-2-13-14(15)6-11(18(13)23)7-24-5-4-12-9-28(21(30)32-12)16-8-25-20-19(26-16)27-17(29)10-31-20/h1-3,8-9,11,18,24H,4-7,10,23H2,(H,26,27,29). The van der Waals surface area contributed by atoms with Crippen LogP contribution in [0.3, 0.4) is 0 Å². The van der Waals surface area contributed by atoms with Crippen LogP contribution in [0, 0.1) is 5.92 Å². The number of carbonyl (C=O) groups excluding carboxylic acids is 1. The van der Waals surface area contributed by atoms with Crippen LogP contribution < -0.4 is 26.9 Å². The second kappa shape index (κ2) is 8.38. The lowest BCUT2D eigenvalue weighted by atomic mass is 10.0. The van der Waals surface area contributed by atoms with Gasteiger partial charge in [-0.05, 0) is 29.5 Å². The summed E-state index contributed by atoms with van der Waals surface area (Å²) in [6, 6.07) is 5.80. The first kappa shape index (κ1) is 20.7. The Bertz CT molecular complexity index is 1240. The smallest absolute Gasteiger partial charge is 0.425 e. The first-order valence-corrected chi connectivity index (χ1v) is 10.6. The fourth-order valence-corrected chi connectivity index (χ4v) is 4.34. The highest BCUT2D eigenvalue weighted by Crippen LogP contribution is 2.37. The van der Waals surface area contributed by atoms with E-state index in [1.807, 2.05) is 18.2 Å². The third kappa shape index (κ3) is 3.88. The summed E-state index contributed by atoms with van der Waals surface area (Å²) in [6.07, 6.45) is 4.31. The van der Waals surface area contributed by atoms with Gasteiger partial charge in [0.05, 0.1) is 12.4 Å². The van der Waals surface area contributed by atoms with Crippen molar-refractivity contribution in [3.63, 3.8) is 0 Å². The zero-order chi connectivity index (χ0) is 22.2. The Morgan fingerprint density at radius 3 is 3.06 bits per heavy atom. The van der Waals surface area contributed by atoms with Gasteiger partial charge in [-0.25, -0.2) is 19.3 Å². The van der Waals surface area contributed by atoms with Crippen molar-refractivity contribution in [2.75, 3.05) is 25.0 Å². The quantitative estimate of drug-likeness (QED) is 0.470. The number of nitrogens with one attached hydrogen (secondary N) is 2. The highest BCUT2D eigenvalue weighted by atomic mass is 35.5. The lowest BCUT2D eigenvalue weighted by molar-refractivity contribution is -0.118. The summed E-state index contributed by atoms with van der Waals surface area (Å²) >= 11 is 6.30. The van der Waals surface area contributed by atoms with Gasteiger partial charge in [-0.15, -0.1) is 0 Å². The number of benzene rings is 1. The van der Waals surface area contributed by atoms with E-state index in [4.69, 9.17) is 26.5 Å². The fraction of sp³-hybridized carbons (Fsp3) is 0.333. The fourth-order valence-electron chi connectivity index (χ4n) is 4.08. The Balaban J connectivity index is 1.19. The van der Waals surface area contributed by atoms with Crippen molar-refractivity contribution in [1.82, 2.24) is 19.9 Å². The molecule has 166 valence electrons. The third-order valence-corrected chi connectivity index (χ3v) is 6.06. The predicted octanol–water partition coefficient (Wildman–Crippen LogP) is 1.21. The number of nitrogens with two attached hydrogens (primary N) is 1. The molecule has 32 heavy (non-hydrogen) atoms. The molecular weight excluding hydrogens is 436 g/mol. The molecule has 0 saturated carbocycles. The van der Waals surface area contributed by atoms with Gasteiger partial charge in [0.15, 0.2) is 18.2 Å². The Morgan fingerprint density at radius 1 is 1.34 bits per heavy atom. The van der Waals surface area contributed by atoms with E-state index >= 15 is 0 Å². The van der Waals surface area contributed by atoms with Crippen LogP contribution in [0.5, 0.6) is 5.88 Å². The molecule has 3 heterocycles. The summed E-state index contributed by atoms with van der Waals surface area (Å²) in [7, 11) is 0. The third-order valence-electron chi connectivity index (χ3n) is 5.70. The molecule has 3 aromatic rings. The maximum absolute atomic E-state index is 12.3. The molecule has 0 radical (unpaired) electrons. The van der Waals surface area contributed by atoms with E-state index in [1.165, 1.54) is 10.8 Å². The number of carbonyl (C=O) groups is 1. The van der Waals surface area contributed by atoms with E-state index in [9.17, 15) is 9.59 Å². The normalized spacial score (nSPS) is 19.2.